The molecule has 0 saturated carbocycles. The van der Waals surface area contributed by atoms with Crippen molar-refractivity contribution in [2.75, 3.05) is 20.1 Å². The minimum atomic E-state index is -0.364. The van der Waals surface area contributed by atoms with E-state index in [-0.39, 0.29) is 12.1 Å². The van der Waals surface area contributed by atoms with Crippen molar-refractivity contribution in [3.8, 4) is 0 Å². The molecule has 3 heteroatoms. The van der Waals surface area contributed by atoms with Crippen LogP contribution in [0.15, 0.2) is 24.3 Å². The van der Waals surface area contributed by atoms with Gasteiger partial charge in [-0.1, -0.05) is 24.3 Å². The molecular weight excluding hydrogens is 188 g/mol. The van der Waals surface area contributed by atoms with Crippen LogP contribution < -0.4 is 10.6 Å². The van der Waals surface area contributed by atoms with E-state index in [0.29, 0.717) is 6.54 Å². The Morgan fingerprint density at radius 1 is 1.53 bits per heavy atom. The van der Waals surface area contributed by atoms with Crippen molar-refractivity contribution in [2.45, 2.75) is 18.6 Å². The van der Waals surface area contributed by atoms with Gasteiger partial charge in [0.15, 0.2) is 0 Å². The molecule has 0 aromatic heterocycles. The zero-order valence-corrected chi connectivity index (χ0v) is 9.03. The molecule has 1 aliphatic heterocycles. The van der Waals surface area contributed by atoms with Crippen molar-refractivity contribution in [1.29, 1.82) is 0 Å². The van der Waals surface area contributed by atoms with Gasteiger partial charge in [0.2, 0.25) is 0 Å². The summed E-state index contributed by atoms with van der Waals surface area (Å²) >= 11 is 0. The highest BCUT2D eigenvalue weighted by molar-refractivity contribution is 5.33. The van der Waals surface area contributed by atoms with Crippen LogP contribution in [-0.2, 0) is 6.42 Å². The molecule has 0 saturated heterocycles. The summed E-state index contributed by atoms with van der Waals surface area (Å²) in [7, 11) is 1.86. The van der Waals surface area contributed by atoms with E-state index in [1.807, 2.05) is 13.1 Å². The van der Waals surface area contributed by atoms with Crippen LogP contribution in [0.5, 0.6) is 0 Å². The minimum Gasteiger partial charge on any atom is -0.390 e. The Kier molecular flexibility index (Phi) is 3.36. The molecule has 15 heavy (non-hydrogen) atoms. The van der Waals surface area contributed by atoms with Crippen LogP contribution >= 0.6 is 0 Å². The monoisotopic (exact) mass is 206 g/mol. The maximum absolute atomic E-state index is 10.00. The fraction of sp³-hybridized carbons (Fsp3) is 0.500. The lowest BCUT2D eigenvalue weighted by Gasteiger charge is -2.30. The Hall–Kier alpha value is -0.900. The molecule has 0 bridgehead atoms. The van der Waals surface area contributed by atoms with Crippen LogP contribution in [-0.4, -0.2) is 31.3 Å². The molecule has 0 aliphatic carbocycles. The first-order valence-corrected chi connectivity index (χ1v) is 5.47. The SMILES string of the molecule is CNCC(O)C1NCCc2ccccc21. The third kappa shape index (κ3) is 2.20. The molecule has 1 aliphatic rings. The lowest BCUT2D eigenvalue weighted by atomic mass is 9.91. The highest BCUT2D eigenvalue weighted by atomic mass is 16.3. The van der Waals surface area contributed by atoms with Gasteiger partial charge in [-0.3, -0.25) is 0 Å². The van der Waals surface area contributed by atoms with Gasteiger partial charge < -0.3 is 15.7 Å². The van der Waals surface area contributed by atoms with E-state index in [1.54, 1.807) is 0 Å². The van der Waals surface area contributed by atoms with Crippen molar-refractivity contribution in [2.24, 2.45) is 0 Å². The molecule has 2 rings (SSSR count). The molecule has 1 aromatic rings. The molecular formula is C12H18N2O. The van der Waals surface area contributed by atoms with Crippen LogP contribution in [0.25, 0.3) is 0 Å². The van der Waals surface area contributed by atoms with Crippen molar-refractivity contribution in [1.82, 2.24) is 10.6 Å². The number of likely N-dealkylation sites (N-methyl/N-ethyl adjacent to an activating group) is 1. The summed E-state index contributed by atoms with van der Waals surface area (Å²) in [5, 5.41) is 16.4. The second kappa shape index (κ2) is 4.75. The summed E-state index contributed by atoms with van der Waals surface area (Å²) in [6, 6.07) is 8.42. The number of rotatable bonds is 3. The van der Waals surface area contributed by atoms with E-state index in [4.69, 9.17) is 0 Å². The van der Waals surface area contributed by atoms with Gasteiger partial charge in [-0.05, 0) is 31.1 Å². The van der Waals surface area contributed by atoms with Crippen LogP contribution in [0.3, 0.4) is 0 Å². The summed E-state index contributed by atoms with van der Waals surface area (Å²) in [5.74, 6) is 0. The van der Waals surface area contributed by atoms with E-state index in [2.05, 4.69) is 28.8 Å². The normalized spacial score (nSPS) is 22.1. The number of benzene rings is 1. The number of aliphatic hydroxyl groups is 1. The van der Waals surface area contributed by atoms with E-state index in [0.717, 1.165) is 13.0 Å². The van der Waals surface area contributed by atoms with E-state index >= 15 is 0 Å². The largest absolute Gasteiger partial charge is 0.390 e. The number of hydrogen-bond acceptors (Lipinski definition) is 3. The fourth-order valence-electron chi connectivity index (χ4n) is 2.21. The summed E-state index contributed by atoms with van der Waals surface area (Å²) in [6.07, 6.45) is 0.690. The molecule has 2 atom stereocenters. The predicted molar refractivity (Wildman–Crippen MR) is 60.8 cm³/mol. The Labute approximate surface area is 90.5 Å². The molecule has 0 amide bonds. The third-order valence-electron chi connectivity index (χ3n) is 2.95. The number of hydrogen-bond donors (Lipinski definition) is 3. The van der Waals surface area contributed by atoms with Crippen molar-refractivity contribution in [3.63, 3.8) is 0 Å². The van der Waals surface area contributed by atoms with Gasteiger partial charge in [0, 0.05) is 6.54 Å². The molecule has 1 aromatic carbocycles. The number of nitrogens with one attached hydrogen (secondary N) is 2. The average Bonchev–Trinajstić information content (AvgIpc) is 2.28. The molecule has 2 unspecified atom stereocenters. The Morgan fingerprint density at radius 2 is 2.33 bits per heavy atom. The fourth-order valence-corrected chi connectivity index (χ4v) is 2.21. The molecule has 0 fully saturated rings. The Bertz CT molecular complexity index is 327. The first-order chi connectivity index (χ1) is 7.33. The zero-order valence-electron chi connectivity index (χ0n) is 9.03. The first kappa shape index (κ1) is 10.6. The standard InChI is InChI=1S/C12H18N2O/c1-13-8-11(15)12-10-5-3-2-4-9(10)6-7-14-12/h2-5,11-15H,6-8H2,1H3. The van der Waals surface area contributed by atoms with Crippen LogP contribution in [0.1, 0.15) is 17.2 Å². The van der Waals surface area contributed by atoms with Crippen LogP contribution in [0, 0.1) is 0 Å². The highest BCUT2D eigenvalue weighted by Crippen LogP contribution is 2.24. The summed E-state index contributed by atoms with van der Waals surface area (Å²) in [6.45, 7) is 1.56. The topological polar surface area (TPSA) is 44.3 Å². The van der Waals surface area contributed by atoms with Crippen molar-refractivity contribution < 1.29 is 5.11 Å². The second-order valence-corrected chi connectivity index (χ2v) is 4.01. The highest BCUT2D eigenvalue weighted by Gasteiger charge is 2.25. The minimum absolute atomic E-state index is 0.0717. The quantitative estimate of drug-likeness (QED) is 0.673. The van der Waals surface area contributed by atoms with E-state index in [1.165, 1.54) is 11.1 Å². The maximum Gasteiger partial charge on any atom is 0.0858 e. The molecule has 0 spiro atoms. The van der Waals surface area contributed by atoms with E-state index in [9.17, 15) is 5.11 Å². The molecule has 3 N–H and O–H groups in total. The summed E-state index contributed by atoms with van der Waals surface area (Å²) in [5.41, 5.74) is 2.60. The Balaban J connectivity index is 2.21. The first-order valence-electron chi connectivity index (χ1n) is 5.47. The maximum atomic E-state index is 10.00. The average molecular weight is 206 g/mol. The van der Waals surface area contributed by atoms with Crippen LogP contribution in [0.2, 0.25) is 0 Å². The van der Waals surface area contributed by atoms with Crippen LogP contribution in [0.4, 0.5) is 0 Å². The molecule has 0 radical (unpaired) electrons. The molecule has 3 nitrogen and oxygen atoms in total. The van der Waals surface area contributed by atoms with E-state index < -0.39 is 0 Å². The summed E-state index contributed by atoms with van der Waals surface area (Å²) < 4.78 is 0. The molecule has 1 heterocycles. The number of aliphatic hydroxyl groups excluding tert-OH is 1. The Morgan fingerprint density at radius 3 is 3.13 bits per heavy atom. The van der Waals surface area contributed by atoms with Gasteiger partial charge >= 0.3 is 0 Å². The number of fused-ring (bicyclic) bond motifs is 1. The van der Waals surface area contributed by atoms with Gasteiger partial charge in [-0.25, -0.2) is 0 Å². The van der Waals surface area contributed by atoms with Crippen molar-refractivity contribution in [3.05, 3.63) is 35.4 Å². The lowest BCUT2D eigenvalue weighted by Crippen LogP contribution is -2.41. The summed E-state index contributed by atoms with van der Waals surface area (Å²) in [4.78, 5) is 0. The van der Waals surface area contributed by atoms with Gasteiger partial charge in [-0.15, -0.1) is 0 Å². The van der Waals surface area contributed by atoms with Gasteiger partial charge in [-0.2, -0.15) is 0 Å². The van der Waals surface area contributed by atoms with Crippen molar-refractivity contribution >= 4 is 0 Å². The smallest absolute Gasteiger partial charge is 0.0858 e. The third-order valence-corrected chi connectivity index (χ3v) is 2.95. The molecule has 82 valence electrons. The lowest BCUT2D eigenvalue weighted by molar-refractivity contribution is 0.124. The predicted octanol–water partition coefficient (Wildman–Crippen LogP) is 0.454. The second-order valence-electron chi connectivity index (χ2n) is 4.01. The van der Waals surface area contributed by atoms with Gasteiger partial charge in [0.1, 0.15) is 0 Å². The van der Waals surface area contributed by atoms with Gasteiger partial charge in [0.05, 0.1) is 12.1 Å². The van der Waals surface area contributed by atoms with Gasteiger partial charge in [0.25, 0.3) is 0 Å². The zero-order chi connectivity index (χ0) is 10.7.